The Morgan fingerprint density at radius 2 is 1.26 bits per heavy atom. The van der Waals surface area contributed by atoms with Gasteiger partial charge < -0.3 is 5.32 Å². The lowest BCUT2D eigenvalue weighted by Gasteiger charge is -2.31. The lowest BCUT2D eigenvalue weighted by atomic mass is 9.77. The first-order valence-corrected chi connectivity index (χ1v) is 10.7. The van der Waals surface area contributed by atoms with Crippen LogP contribution in [-0.2, 0) is 5.54 Å². The van der Waals surface area contributed by atoms with Crippen molar-refractivity contribution in [2.75, 3.05) is 0 Å². The number of amides is 1. The highest BCUT2D eigenvalue weighted by molar-refractivity contribution is 6.31. The van der Waals surface area contributed by atoms with Gasteiger partial charge >= 0.3 is 0 Å². The molecule has 0 saturated heterocycles. The number of hydrogen-bond acceptors (Lipinski definition) is 1. The molecule has 0 radical (unpaired) electrons. The maximum atomic E-state index is 13.2. The Labute approximate surface area is 185 Å². The summed E-state index contributed by atoms with van der Waals surface area (Å²) in [6.45, 7) is 0. The maximum Gasteiger partial charge on any atom is 0.252 e. The number of rotatable bonds is 2. The van der Waals surface area contributed by atoms with E-state index in [9.17, 15) is 4.79 Å². The van der Waals surface area contributed by atoms with Gasteiger partial charge in [-0.15, -0.1) is 0 Å². The van der Waals surface area contributed by atoms with Crippen LogP contribution >= 0.6 is 11.6 Å². The molecule has 4 aromatic rings. The van der Waals surface area contributed by atoms with Gasteiger partial charge in [0, 0.05) is 16.2 Å². The highest BCUT2D eigenvalue weighted by atomic mass is 35.5. The summed E-state index contributed by atoms with van der Waals surface area (Å²) in [5.74, 6) is -0.0563. The Morgan fingerprint density at radius 3 is 2.00 bits per heavy atom. The fraction of sp³-hybridized carbons (Fsp3) is 0.0357. The molecule has 0 bridgehead atoms. The summed E-state index contributed by atoms with van der Waals surface area (Å²) >= 11 is 6.48. The normalized spacial score (nSPS) is 18.8. The van der Waals surface area contributed by atoms with Gasteiger partial charge in [0.1, 0.15) is 5.54 Å². The minimum absolute atomic E-state index is 0.0563. The van der Waals surface area contributed by atoms with Crippen LogP contribution in [-0.4, -0.2) is 5.91 Å². The average molecular weight is 420 g/mol. The van der Waals surface area contributed by atoms with Crippen LogP contribution in [0.1, 0.15) is 38.2 Å². The SMILES string of the molecule is O=C1NC2(C(c3ccccc3)=C(c3ccccc3)c3cc(Cl)ccc32)c2ccccc21. The summed E-state index contributed by atoms with van der Waals surface area (Å²) in [6, 6.07) is 34.5. The van der Waals surface area contributed by atoms with Crippen molar-refractivity contribution >= 4 is 28.7 Å². The Bertz CT molecular complexity index is 1370. The minimum Gasteiger partial charge on any atom is -0.334 e. The third kappa shape index (κ3) is 2.49. The molecule has 31 heavy (non-hydrogen) atoms. The van der Waals surface area contributed by atoms with Gasteiger partial charge in [0.05, 0.1) is 0 Å². The van der Waals surface area contributed by atoms with Crippen LogP contribution in [0, 0.1) is 0 Å². The number of benzene rings is 4. The van der Waals surface area contributed by atoms with E-state index in [0.717, 1.165) is 39.0 Å². The number of carbonyl (C=O) groups excluding carboxylic acids is 1. The number of hydrogen-bond donors (Lipinski definition) is 1. The maximum absolute atomic E-state index is 13.2. The van der Waals surface area contributed by atoms with Crippen LogP contribution in [0.5, 0.6) is 0 Å². The predicted molar refractivity (Wildman–Crippen MR) is 125 cm³/mol. The van der Waals surface area contributed by atoms with Gasteiger partial charge in [0.25, 0.3) is 5.91 Å². The van der Waals surface area contributed by atoms with Crippen molar-refractivity contribution in [2.24, 2.45) is 0 Å². The first-order chi connectivity index (χ1) is 15.2. The average Bonchev–Trinajstić information content (AvgIpc) is 3.27. The van der Waals surface area contributed by atoms with Gasteiger partial charge in [-0.3, -0.25) is 4.79 Å². The topological polar surface area (TPSA) is 29.1 Å². The third-order valence-electron chi connectivity index (χ3n) is 6.28. The van der Waals surface area contributed by atoms with E-state index in [1.54, 1.807) is 0 Å². The van der Waals surface area contributed by atoms with Crippen LogP contribution in [0.4, 0.5) is 0 Å². The molecule has 1 atom stereocenters. The zero-order valence-corrected chi connectivity index (χ0v) is 17.4. The van der Waals surface area contributed by atoms with Gasteiger partial charge in [0.15, 0.2) is 0 Å². The number of nitrogens with one attached hydrogen (secondary N) is 1. The molecular formula is C28H18ClNO. The smallest absolute Gasteiger partial charge is 0.252 e. The second-order valence-electron chi connectivity index (χ2n) is 7.92. The molecule has 148 valence electrons. The van der Waals surface area contributed by atoms with Crippen molar-refractivity contribution in [2.45, 2.75) is 5.54 Å². The number of halogens is 1. The number of carbonyl (C=O) groups is 1. The molecule has 0 saturated carbocycles. The van der Waals surface area contributed by atoms with Crippen molar-refractivity contribution in [3.8, 4) is 0 Å². The molecular weight excluding hydrogens is 402 g/mol. The van der Waals surface area contributed by atoms with E-state index in [1.807, 2.05) is 66.7 Å². The molecule has 1 heterocycles. The van der Waals surface area contributed by atoms with Gasteiger partial charge in [0.2, 0.25) is 0 Å². The zero-order chi connectivity index (χ0) is 21.0. The second kappa shape index (κ2) is 6.69. The van der Waals surface area contributed by atoms with E-state index in [1.165, 1.54) is 0 Å². The van der Waals surface area contributed by atoms with E-state index >= 15 is 0 Å². The predicted octanol–water partition coefficient (Wildman–Crippen LogP) is 6.30. The van der Waals surface area contributed by atoms with E-state index in [-0.39, 0.29) is 5.91 Å². The summed E-state index contributed by atoms with van der Waals surface area (Å²) in [5.41, 5.74) is 7.38. The van der Waals surface area contributed by atoms with Crippen LogP contribution in [0.15, 0.2) is 103 Å². The quantitative estimate of drug-likeness (QED) is 0.406. The molecule has 0 aromatic heterocycles. The summed E-state index contributed by atoms with van der Waals surface area (Å²) in [4.78, 5) is 13.2. The molecule has 4 aromatic carbocycles. The number of fused-ring (bicyclic) bond motifs is 4. The fourth-order valence-corrected chi connectivity index (χ4v) is 5.27. The summed E-state index contributed by atoms with van der Waals surface area (Å²) in [6.07, 6.45) is 0. The molecule has 1 amide bonds. The van der Waals surface area contributed by atoms with Crippen molar-refractivity contribution in [3.05, 3.63) is 142 Å². The largest absolute Gasteiger partial charge is 0.334 e. The Hall–Kier alpha value is -3.62. The molecule has 1 unspecified atom stereocenters. The standard InChI is InChI=1S/C28H18ClNO/c29-20-15-16-24-22(17-20)25(18-9-3-1-4-10-18)26(19-11-5-2-6-12-19)28(24)23-14-8-7-13-21(23)27(31)30-28/h1-17H,(H,30,31). The summed E-state index contributed by atoms with van der Waals surface area (Å²) < 4.78 is 0. The van der Waals surface area contributed by atoms with Gasteiger partial charge in [-0.2, -0.15) is 0 Å². The lowest BCUT2D eigenvalue weighted by Crippen LogP contribution is -2.40. The lowest BCUT2D eigenvalue weighted by molar-refractivity contribution is 0.0952. The Balaban J connectivity index is 1.81. The molecule has 3 heteroatoms. The van der Waals surface area contributed by atoms with E-state index in [2.05, 4.69) is 41.7 Å². The van der Waals surface area contributed by atoms with E-state index < -0.39 is 5.54 Å². The van der Waals surface area contributed by atoms with Crippen molar-refractivity contribution in [1.29, 1.82) is 0 Å². The van der Waals surface area contributed by atoms with Crippen LogP contribution in [0.3, 0.4) is 0 Å². The van der Waals surface area contributed by atoms with Gasteiger partial charge in [-0.1, -0.05) is 96.5 Å². The molecule has 6 rings (SSSR count). The van der Waals surface area contributed by atoms with Gasteiger partial charge in [-0.25, -0.2) is 0 Å². The van der Waals surface area contributed by atoms with E-state index in [4.69, 9.17) is 11.6 Å². The summed E-state index contributed by atoms with van der Waals surface area (Å²) in [7, 11) is 0. The van der Waals surface area contributed by atoms with Crippen molar-refractivity contribution < 1.29 is 4.79 Å². The van der Waals surface area contributed by atoms with Crippen LogP contribution in [0.2, 0.25) is 5.02 Å². The second-order valence-corrected chi connectivity index (χ2v) is 8.36. The first kappa shape index (κ1) is 18.2. The fourth-order valence-electron chi connectivity index (χ4n) is 5.10. The third-order valence-corrected chi connectivity index (χ3v) is 6.52. The van der Waals surface area contributed by atoms with Gasteiger partial charge in [-0.05, 0) is 51.6 Å². The molecule has 1 aliphatic carbocycles. The molecule has 0 fully saturated rings. The molecule has 2 nitrogen and oxygen atoms in total. The molecule has 2 aliphatic rings. The Morgan fingerprint density at radius 1 is 0.645 bits per heavy atom. The molecule has 1 N–H and O–H groups in total. The molecule has 1 spiro atoms. The monoisotopic (exact) mass is 419 g/mol. The van der Waals surface area contributed by atoms with Crippen LogP contribution < -0.4 is 5.32 Å². The van der Waals surface area contributed by atoms with Crippen molar-refractivity contribution in [3.63, 3.8) is 0 Å². The highest BCUT2D eigenvalue weighted by Crippen LogP contribution is 2.57. The van der Waals surface area contributed by atoms with E-state index in [0.29, 0.717) is 10.6 Å². The Kier molecular flexibility index (Phi) is 3.92. The first-order valence-electron chi connectivity index (χ1n) is 10.3. The minimum atomic E-state index is -0.764. The summed E-state index contributed by atoms with van der Waals surface area (Å²) in [5, 5.41) is 4.05. The molecule has 1 aliphatic heterocycles. The van der Waals surface area contributed by atoms with Crippen LogP contribution in [0.25, 0.3) is 11.1 Å². The highest BCUT2D eigenvalue weighted by Gasteiger charge is 2.53. The zero-order valence-electron chi connectivity index (χ0n) is 16.6. The van der Waals surface area contributed by atoms with Crippen molar-refractivity contribution in [1.82, 2.24) is 5.32 Å².